The molecule has 1 aromatic carbocycles. The van der Waals surface area contributed by atoms with Crippen molar-refractivity contribution in [3.05, 3.63) is 35.9 Å². The van der Waals surface area contributed by atoms with E-state index in [9.17, 15) is 15.3 Å². The van der Waals surface area contributed by atoms with Crippen molar-refractivity contribution in [2.45, 2.75) is 37.1 Å². The molecule has 0 radical (unpaired) electrons. The molecule has 6 heteroatoms. The summed E-state index contributed by atoms with van der Waals surface area (Å²) >= 11 is 0. The molecular formula is C14H20O6. The first-order valence-corrected chi connectivity index (χ1v) is 6.59. The van der Waals surface area contributed by atoms with Crippen molar-refractivity contribution >= 4 is 0 Å². The summed E-state index contributed by atoms with van der Waals surface area (Å²) in [4.78, 5) is 0. The standard InChI is InChI=1S/C14H20O6/c15-8-10-11(16)12(17)13(18)14(20-10)19-7-6-9-4-2-1-3-5-9/h1-5,10-18H,6-8H2/t10-,11+,12+,13-,14+/m1/s1. The lowest BCUT2D eigenvalue weighted by atomic mass is 9.99. The van der Waals surface area contributed by atoms with Crippen LogP contribution < -0.4 is 0 Å². The molecule has 1 aromatic rings. The summed E-state index contributed by atoms with van der Waals surface area (Å²) in [6.45, 7) is -0.157. The molecule has 1 heterocycles. The SMILES string of the molecule is OC[C@H]1O[C@H](OCCc2ccccc2)[C@H](O)[C@@H](O)[C@H]1O. The van der Waals surface area contributed by atoms with Crippen LogP contribution in [-0.4, -0.2) is 64.3 Å². The van der Waals surface area contributed by atoms with Gasteiger partial charge in [-0.15, -0.1) is 0 Å². The third-order valence-corrected chi connectivity index (χ3v) is 3.36. The predicted octanol–water partition coefficient (Wildman–Crippen LogP) is -0.954. The highest BCUT2D eigenvalue weighted by Gasteiger charge is 2.43. The zero-order valence-corrected chi connectivity index (χ0v) is 11.0. The van der Waals surface area contributed by atoms with Gasteiger partial charge in [0.05, 0.1) is 13.2 Å². The Kier molecular flexibility index (Phi) is 5.47. The Hall–Kier alpha value is -1.02. The summed E-state index contributed by atoms with van der Waals surface area (Å²) in [5.41, 5.74) is 1.08. The van der Waals surface area contributed by atoms with Crippen molar-refractivity contribution in [1.82, 2.24) is 0 Å². The van der Waals surface area contributed by atoms with E-state index in [0.717, 1.165) is 5.56 Å². The number of aliphatic hydroxyl groups is 4. The smallest absolute Gasteiger partial charge is 0.186 e. The first-order valence-electron chi connectivity index (χ1n) is 6.59. The van der Waals surface area contributed by atoms with Crippen LogP contribution in [0.1, 0.15) is 5.56 Å². The largest absolute Gasteiger partial charge is 0.394 e. The lowest BCUT2D eigenvalue weighted by molar-refractivity contribution is -0.300. The maximum absolute atomic E-state index is 9.78. The van der Waals surface area contributed by atoms with E-state index in [2.05, 4.69) is 0 Å². The molecule has 4 N–H and O–H groups in total. The van der Waals surface area contributed by atoms with Gasteiger partial charge in [-0.3, -0.25) is 0 Å². The molecule has 0 aromatic heterocycles. The van der Waals surface area contributed by atoms with Gasteiger partial charge in [-0.1, -0.05) is 30.3 Å². The summed E-state index contributed by atoms with van der Waals surface area (Å²) in [6, 6.07) is 9.67. The zero-order chi connectivity index (χ0) is 14.5. The molecule has 0 aliphatic carbocycles. The second kappa shape index (κ2) is 7.12. The minimum atomic E-state index is -1.40. The minimum absolute atomic E-state index is 0.298. The summed E-state index contributed by atoms with van der Waals surface area (Å²) in [7, 11) is 0. The summed E-state index contributed by atoms with van der Waals surface area (Å²) in [5, 5.41) is 38.1. The molecule has 6 nitrogen and oxygen atoms in total. The van der Waals surface area contributed by atoms with Gasteiger partial charge in [-0.05, 0) is 12.0 Å². The first kappa shape index (κ1) is 15.4. The Morgan fingerprint density at radius 3 is 2.35 bits per heavy atom. The number of benzene rings is 1. The Balaban J connectivity index is 1.85. The van der Waals surface area contributed by atoms with E-state index >= 15 is 0 Å². The lowest BCUT2D eigenvalue weighted by Gasteiger charge is -2.39. The van der Waals surface area contributed by atoms with Gasteiger partial charge in [0.25, 0.3) is 0 Å². The van der Waals surface area contributed by atoms with Gasteiger partial charge in [-0.25, -0.2) is 0 Å². The van der Waals surface area contributed by atoms with Crippen molar-refractivity contribution < 1.29 is 29.9 Å². The van der Waals surface area contributed by atoms with Gasteiger partial charge in [0.1, 0.15) is 24.4 Å². The van der Waals surface area contributed by atoms with Gasteiger partial charge in [-0.2, -0.15) is 0 Å². The first-order chi connectivity index (χ1) is 9.63. The highest BCUT2D eigenvalue weighted by atomic mass is 16.7. The summed E-state index contributed by atoms with van der Waals surface area (Å²) in [5.74, 6) is 0. The van der Waals surface area contributed by atoms with E-state index in [4.69, 9.17) is 14.6 Å². The van der Waals surface area contributed by atoms with Crippen LogP contribution in [0.4, 0.5) is 0 Å². The molecular weight excluding hydrogens is 264 g/mol. The fourth-order valence-electron chi connectivity index (χ4n) is 2.14. The maximum Gasteiger partial charge on any atom is 0.186 e. The van der Waals surface area contributed by atoms with Crippen LogP contribution in [0.25, 0.3) is 0 Å². The molecule has 112 valence electrons. The summed E-state index contributed by atoms with van der Waals surface area (Å²) < 4.78 is 10.6. The molecule has 5 atom stereocenters. The van der Waals surface area contributed by atoms with Gasteiger partial charge < -0.3 is 29.9 Å². The second-order valence-corrected chi connectivity index (χ2v) is 4.80. The Bertz CT molecular complexity index is 396. The number of hydrogen-bond donors (Lipinski definition) is 4. The highest BCUT2D eigenvalue weighted by molar-refractivity contribution is 5.14. The molecule has 0 saturated carbocycles. The number of rotatable bonds is 5. The Morgan fingerprint density at radius 1 is 1.00 bits per heavy atom. The van der Waals surface area contributed by atoms with Crippen molar-refractivity contribution in [2.75, 3.05) is 13.2 Å². The van der Waals surface area contributed by atoms with Gasteiger partial charge in [0.15, 0.2) is 6.29 Å². The highest BCUT2D eigenvalue weighted by Crippen LogP contribution is 2.22. The van der Waals surface area contributed by atoms with E-state index in [-0.39, 0.29) is 0 Å². The monoisotopic (exact) mass is 284 g/mol. The topological polar surface area (TPSA) is 99.4 Å². The third-order valence-electron chi connectivity index (χ3n) is 3.36. The van der Waals surface area contributed by atoms with Gasteiger partial charge in [0.2, 0.25) is 0 Å². The van der Waals surface area contributed by atoms with Crippen LogP contribution in [0.3, 0.4) is 0 Å². The summed E-state index contributed by atoms with van der Waals surface area (Å²) in [6.07, 6.45) is -5.46. The van der Waals surface area contributed by atoms with E-state index in [1.165, 1.54) is 0 Å². The quantitative estimate of drug-likeness (QED) is 0.556. The molecule has 0 unspecified atom stereocenters. The molecule has 1 fully saturated rings. The minimum Gasteiger partial charge on any atom is -0.394 e. The average Bonchev–Trinajstić information content (AvgIpc) is 2.48. The zero-order valence-electron chi connectivity index (χ0n) is 11.0. The molecule has 20 heavy (non-hydrogen) atoms. The van der Waals surface area contributed by atoms with Crippen LogP contribution >= 0.6 is 0 Å². The molecule has 0 bridgehead atoms. The van der Waals surface area contributed by atoms with Crippen LogP contribution in [0.15, 0.2) is 30.3 Å². The van der Waals surface area contributed by atoms with Crippen LogP contribution in [-0.2, 0) is 15.9 Å². The molecule has 2 rings (SSSR count). The van der Waals surface area contributed by atoms with Gasteiger partial charge >= 0.3 is 0 Å². The molecule has 0 amide bonds. The van der Waals surface area contributed by atoms with Crippen molar-refractivity contribution in [3.63, 3.8) is 0 Å². The fraction of sp³-hybridized carbons (Fsp3) is 0.571. The van der Waals surface area contributed by atoms with Crippen LogP contribution in [0, 0.1) is 0 Å². The predicted molar refractivity (Wildman–Crippen MR) is 69.9 cm³/mol. The van der Waals surface area contributed by atoms with E-state index in [1.54, 1.807) is 0 Å². The fourth-order valence-corrected chi connectivity index (χ4v) is 2.14. The molecule has 1 aliphatic heterocycles. The lowest BCUT2D eigenvalue weighted by Crippen LogP contribution is -2.59. The van der Waals surface area contributed by atoms with Crippen molar-refractivity contribution in [2.24, 2.45) is 0 Å². The van der Waals surface area contributed by atoms with E-state index in [1.807, 2.05) is 30.3 Å². The van der Waals surface area contributed by atoms with Crippen LogP contribution in [0.2, 0.25) is 0 Å². The van der Waals surface area contributed by atoms with Crippen molar-refractivity contribution in [3.8, 4) is 0 Å². The van der Waals surface area contributed by atoms with Gasteiger partial charge in [0, 0.05) is 0 Å². The third kappa shape index (κ3) is 3.54. The number of ether oxygens (including phenoxy) is 2. The second-order valence-electron chi connectivity index (χ2n) is 4.80. The number of hydrogen-bond acceptors (Lipinski definition) is 6. The Morgan fingerprint density at radius 2 is 1.70 bits per heavy atom. The van der Waals surface area contributed by atoms with E-state index in [0.29, 0.717) is 13.0 Å². The number of aliphatic hydroxyl groups excluding tert-OH is 4. The van der Waals surface area contributed by atoms with Crippen molar-refractivity contribution in [1.29, 1.82) is 0 Å². The van der Waals surface area contributed by atoms with Crippen LogP contribution in [0.5, 0.6) is 0 Å². The maximum atomic E-state index is 9.78. The van der Waals surface area contributed by atoms with E-state index < -0.39 is 37.3 Å². The Labute approximate surface area is 117 Å². The molecule has 1 saturated heterocycles. The molecule has 0 spiro atoms. The normalized spacial score (nSPS) is 34.1. The average molecular weight is 284 g/mol. The molecule has 1 aliphatic rings.